The standard InChI is InChI=1S/C45H30/c1-45(2)41-18-8-16-37-36-23-21-30(26-40(36)38-17-9-19-42(45)44(38)43(37)41)28-11-7-10-27(24-28)29-20-22-35-33-14-4-3-12-31(33)32-13-5-6-15-34(32)39(35)25-29/h3-26H,1-2H3. The summed E-state index contributed by atoms with van der Waals surface area (Å²) in [6.45, 7) is 4.74. The van der Waals surface area contributed by atoms with Crippen molar-refractivity contribution >= 4 is 64.6 Å². The smallest absolute Gasteiger partial charge is 0.0159 e. The topological polar surface area (TPSA) is 0 Å². The van der Waals surface area contributed by atoms with Crippen LogP contribution in [0.15, 0.2) is 146 Å². The van der Waals surface area contributed by atoms with E-state index >= 15 is 0 Å². The number of hydrogen-bond donors (Lipinski definition) is 0. The highest BCUT2D eigenvalue weighted by atomic mass is 14.4. The average molecular weight is 571 g/mol. The second-order valence-corrected chi connectivity index (χ2v) is 13.3. The average Bonchev–Trinajstić information content (AvgIpc) is 3.34. The van der Waals surface area contributed by atoms with Crippen LogP contribution in [0.5, 0.6) is 0 Å². The minimum absolute atomic E-state index is 0.00730. The van der Waals surface area contributed by atoms with Crippen LogP contribution in [-0.4, -0.2) is 0 Å². The van der Waals surface area contributed by atoms with Crippen LogP contribution in [0.25, 0.3) is 86.9 Å². The Balaban J connectivity index is 1.17. The van der Waals surface area contributed by atoms with Crippen LogP contribution < -0.4 is 0 Å². The molecule has 0 aliphatic heterocycles. The van der Waals surface area contributed by atoms with Crippen molar-refractivity contribution < 1.29 is 0 Å². The van der Waals surface area contributed by atoms with Crippen molar-refractivity contribution in [2.45, 2.75) is 19.3 Å². The fourth-order valence-corrected chi connectivity index (χ4v) is 8.43. The highest BCUT2D eigenvalue weighted by Gasteiger charge is 2.34. The Morgan fingerprint density at radius 1 is 0.289 bits per heavy atom. The molecule has 210 valence electrons. The zero-order chi connectivity index (χ0) is 29.9. The molecule has 0 spiro atoms. The maximum atomic E-state index is 2.42. The molecule has 0 fully saturated rings. The lowest BCUT2D eigenvalue weighted by atomic mass is 9.82. The Hall–Kier alpha value is -5.46. The van der Waals surface area contributed by atoms with Crippen LogP contribution >= 0.6 is 0 Å². The molecule has 0 N–H and O–H groups in total. The maximum Gasteiger partial charge on any atom is 0.0159 e. The first-order chi connectivity index (χ1) is 22.1. The Morgan fingerprint density at radius 2 is 0.644 bits per heavy atom. The lowest BCUT2D eigenvalue weighted by Gasteiger charge is -2.21. The van der Waals surface area contributed by atoms with Crippen molar-refractivity contribution in [3.63, 3.8) is 0 Å². The molecule has 0 bridgehead atoms. The van der Waals surface area contributed by atoms with Gasteiger partial charge < -0.3 is 0 Å². The van der Waals surface area contributed by atoms with Crippen molar-refractivity contribution in [1.82, 2.24) is 0 Å². The summed E-state index contributed by atoms with van der Waals surface area (Å²) < 4.78 is 0. The molecule has 0 saturated carbocycles. The second-order valence-electron chi connectivity index (χ2n) is 13.3. The van der Waals surface area contributed by atoms with Crippen LogP contribution in [0.4, 0.5) is 0 Å². The third-order valence-corrected chi connectivity index (χ3v) is 10.6. The molecule has 9 aromatic carbocycles. The van der Waals surface area contributed by atoms with Crippen LogP contribution in [0.2, 0.25) is 0 Å². The molecule has 10 rings (SSSR count). The summed E-state index contributed by atoms with van der Waals surface area (Å²) in [4.78, 5) is 0. The quantitative estimate of drug-likeness (QED) is 0.181. The lowest BCUT2D eigenvalue weighted by molar-refractivity contribution is 0.663. The van der Waals surface area contributed by atoms with E-state index in [0.29, 0.717) is 0 Å². The van der Waals surface area contributed by atoms with Crippen LogP contribution in [0.1, 0.15) is 25.0 Å². The van der Waals surface area contributed by atoms with Crippen LogP contribution in [0.3, 0.4) is 0 Å². The van der Waals surface area contributed by atoms with E-state index in [1.54, 1.807) is 0 Å². The van der Waals surface area contributed by atoms with E-state index < -0.39 is 0 Å². The first-order valence-electron chi connectivity index (χ1n) is 15.9. The summed E-state index contributed by atoms with van der Waals surface area (Å²) >= 11 is 0. The molecule has 0 heterocycles. The Morgan fingerprint density at radius 3 is 1.18 bits per heavy atom. The predicted molar refractivity (Wildman–Crippen MR) is 194 cm³/mol. The number of fused-ring (bicyclic) bond motifs is 9. The minimum Gasteiger partial charge on any atom is -0.0616 e. The first kappa shape index (κ1) is 24.9. The van der Waals surface area contributed by atoms with Gasteiger partial charge in [0.2, 0.25) is 0 Å². The molecule has 0 aromatic heterocycles. The molecule has 0 radical (unpaired) electrons. The van der Waals surface area contributed by atoms with E-state index in [9.17, 15) is 0 Å². The van der Waals surface area contributed by atoms with Crippen LogP contribution in [0, 0.1) is 0 Å². The SMILES string of the molecule is CC1(C)c2cccc3c4ccc(-c5cccc(-c6ccc7c8ccccc8c8ccccc8c7c6)c5)cc4c4cccc1c4c23. The predicted octanol–water partition coefficient (Wildman–Crippen LogP) is 12.6. The summed E-state index contributed by atoms with van der Waals surface area (Å²) in [5, 5.41) is 16.1. The monoisotopic (exact) mass is 570 g/mol. The largest absolute Gasteiger partial charge is 0.0616 e. The van der Waals surface area contributed by atoms with E-state index in [-0.39, 0.29) is 5.41 Å². The summed E-state index contributed by atoms with van der Waals surface area (Å²) in [6.07, 6.45) is 0. The van der Waals surface area contributed by atoms with Gasteiger partial charge in [-0.15, -0.1) is 0 Å². The van der Waals surface area contributed by atoms with Crippen molar-refractivity contribution in [3.8, 4) is 22.3 Å². The van der Waals surface area contributed by atoms with Gasteiger partial charge in [0.25, 0.3) is 0 Å². The maximum absolute atomic E-state index is 2.42. The van der Waals surface area contributed by atoms with Gasteiger partial charge in [0, 0.05) is 5.41 Å². The number of rotatable bonds is 2. The van der Waals surface area contributed by atoms with E-state index in [4.69, 9.17) is 0 Å². The summed E-state index contributed by atoms with van der Waals surface area (Å²) in [5.74, 6) is 0. The van der Waals surface area contributed by atoms with Crippen molar-refractivity contribution in [1.29, 1.82) is 0 Å². The van der Waals surface area contributed by atoms with Gasteiger partial charge in [-0.3, -0.25) is 0 Å². The summed E-state index contributed by atoms with van der Waals surface area (Å²) in [5.41, 5.74) is 7.87. The van der Waals surface area contributed by atoms with Gasteiger partial charge in [-0.1, -0.05) is 141 Å². The third-order valence-electron chi connectivity index (χ3n) is 10.6. The summed E-state index contributed by atoms with van der Waals surface area (Å²) in [7, 11) is 0. The molecule has 0 unspecified atom stereocenters. The van der Waals surface area contributed by atoms with Gasteiger partial charge in [0.05, 0.1) is 0 Å². The van der Waals surface area contributed by atoms with Crippen molar-refractivity contribution in [2.24, 2.45) is 0 Å². The third kappa shape index (κ3) is 3.32. The van der Waals surface area contributed by atoms with E-state index in [0.717, 1.165) is 0 Å². The zero-order valence-corrected chi connectivity index (χ0v) is 25.4. The molecule has 0 saturated heterocycles. The van der Waals surface area contributed by atoms with Gasteiger partial charge in [0.1, 0.15) is 0 Å². The fraction of sp³-hybridized carbons (Fsp3) is 0.0667. The number of benzene rings is 9. The van der Waals surface area contributed by atoms with E-state index in [2.05, 4.69) is 159 Å². The fourth-order valence-electron chi connectivity index (χ4n) is 8.43. The Labute approximate surface area is 262 Å². The molecular weight excluding hydrogens is 540 g/mol. The lowest BCUT2D eigenvalue weighted by Crippen LogP contribution is -2.14. The van der Waals surface area contributed by atoms with Crippen molar-refractivity contribution in [2.75, 3.05) is 0 Å². The molecule has 0 nitrogen and oxygen atoms in total. The minimum atomic E-state index is 0.00730. The molecule has 1 aliphatic rings. The van der Waals surface area contributed by atoms with Crippen molar-refractivity contribution in [3.05, 3.63) is 157 Å². The van der Waals surface area contributed by atoms with Crippen LogP contribution in [-0.2, 0) is 5.41 Å². The van der Waals surface area contributed by atoms with E-state index in [1.807, 2.05) is 0 Å². The summed E-state index contributed by atoms with van der Waals surface area (Å²) in [6, 6.07) is 54.5. The molecule has 1 aliphatic carbocycles. The second kappa shape index (κ2) is 8.80. The van der Waals surface area contributed by atoms with Gasteiger partial charge in [-0.2, -0.15) is 0 Å². The molecule has 0 heteroatoms. The molecule has 0 amide bonds. The normalized spacial score (nSPS) is 13.7. The highest BCUT2D eigenvalue weighted by molar-refractivity contribution is 6.29. The molecule has 9 aromatic rings. The van der Waals surface area contributed by atoms with Gasteiger partial charge in [0.15, 0.2) is 0 Å². The Bertz CT molecular complexity index is 2690. The van der Waals surface area contributed by atoms with Gasteiger partial charge in [-0.25, -0.2) is 0 Å². The van der Waals surface area contributed by atoms with E-state index in [1.165, 1.54) is 98.0 Å². The Kier molecular flexibility index (Phi) is 4.88. The highest BCUT2D eigenvalue weighted by Crippen LogP contribution is 2.51. The zero-order valence-electron chi connectivity index (χ0n) is 25.4. The molecule has 0 atom stereocenters. The molecular formula is C45H30. The first-order valence-corrected chi connectivity index (χ1v) is 15.9. The van der Waals surface area contributed by atoms with Gasteiger partial charge >= 0.3 is 0 Å². The molecule has 45 heavy (non-hydrogen) atoms. The number of hydrogen-bond acceptors (Lipinski definition) is 0. The van der Waals surface area contributed by atoms with Gasteiger partial charge in [-0.05, 0) is 116 Å².